The van der Waals surface area contributed by atoms with Crippen molar-refractivity contribution < 1.29 is 12.6 Å². The van der Waals surface area contributed by atoms with Crippen molar-refractivity contribution in [3.63, 3.8) is 0 Å². The van der Waals surface area contributed by atoms with E-state index in [1.165, 1.54) is 6.20 Å². The van der Waals surface area contributed by atoms with Gasteiger partial charge in [0.1, 0.15) is 5.75 Å². The Hall–Kier alpha value is -1.01. The molecule has 1 aliphatic carbocycles. The third-order valence-electron chi connectivity index (χ3n) is 2.30. The molecule has 1 aromatic rings. The topological polar surface area (TPSA) is 69.2 Å². The summed E-state index contributed by atoms with van der Waals surface area (Å²) in [4.78, 5) is 8.23. The number of aromatic nitrogens is 2. The van der Waals surface area contributed by atoms with E-state index in [0.717, 1.165) is 25.6 Å². The molecule has 1 aromatic heterocycles. The molecule has 6 heteroatoms. The van der Waals surface area contributed by atoms with Gasteiger partial charge in [-0.05, 0) is 12.8 Å². The fourth-order valence-electron chi connectivity index (χ4n) is 1.27. The van der Waals surface area contributed by atoms with E-state index in [0.29, 0.717) is 11.6 Å². The largest absolute Gasteiger partial charge is 0.273 e. The lowest BCUT2D eigenvalue weighted by Gasteiger charge is -2.01. The predicted molar refractivity (Wildman–Crippen MR) is 53.6 cm³/mol. The second kappa shape index (κ2) is 3.86. The van der Waals surface area contributed by atoms with Gasteiger partial charge >= 0.3 is 0 Å². The molecule has 0 aliphatic heterocycles. The number of hydrogen-bond donors (Lipinski definition) is 0. The van der Waals surface area contributed by atoms with Crippen molar-refractivity contribution >= 4 is 10.1 Å². The van der Waals surface area contributed by atoms with Gasteiger partial charge in [0, 0.05) is 18.3 Å². The Morgan fingerprint density at radius 1 is 1.40 bits per heavy atom. The Kier molecular flexibility index (Phi) is 2.70. The highest BCUT2D eigenvalue weighted by molar-refractivity contribution is 7.85. The molecule has 1 heterocycles. The maximum atomic E-state index is 11.1. The third kappa shape index (κ3) is 2.73. The van der Waals surface area contributed by atoms with E-state index in [1.54, 1.807) is 6.20 Å². The van der Waals surface area contributed by atoms with Gasteiger partial charge in [0.2, 0.25) is 0 Å². The van der Waals surface area contributed by atoms with Gasteiger partial charge in [0.25, 0.3) is 10.1 Å². The first-order chi connectivity index (χ1) is 7.11. The van der Waals surface area contributed by atoms with Crippen molar-refractivity contribution in [1.82, 2.24) is 9.97 Å². The van der Waals surface area contributed by atoms with Crippen LogP contribution in [-0.4, -0.2) is 25.5 Å². The highest BCUT2D eigenvalue weighted by atomic mass is 32.2. The Morgan fingerprint density at radius 3 is 2.60 bits per heavy atom. The Balaban J connectivity index is 2.10. The molecule has 0 atom stereocenters. The van der Waals surface area contributed by atoms with Crippen molar-refractivity contribution in [3.05, 3.63) is 23.8 Å². The van der Waals surface area contributed by atoms with Gasteiger partial charge in [-0.3, -0.25) is 14.2 Å². The molecule has 15 heavy (non-hydrogen) atoms. The maximum Gasteiger partial charge on any atom is 0.272 e. The second-order valence-corrected chi connectivity index (χ2v) is 5.31. The van der Waals surface area contributed by atoms with Gasteiger partial charge < -0.3 is 0 Å². The van der Waals surface area contributed by atoms with E-state index in [1.807, 2.05) is 0 Å². The fourth-order valence-corrected chi connectivity index (χ4v) is 1.90. The summed E-state index contributed by atoms with van der Waals surface area (Å²) < 4.78 is 26.6. The molecule has 0 aromatic carbocycles. The van der Waals surface area contributed by atoms with Gasteiger partial charge in [-0.2, -0.15) is 8.42 Å². The van der Waals surface area contributed by atoms with Crippen molar-refractivity contribution in [3.8, 4) is 0 Å². The van der Waals surface area contributed by atoms with Crippen LogP contribution in [0.2, 0.25) is 0 Å². The molecule has 0 radical (unpaired) electrons. The normalized spacial score (nSPS) is 16.6. The number of hydrogen-bond acceptors (Lipinski definition) is 5. The molecule has 0 N–H and O–H groups in total. The van der Waals surface area contributed by atoms with Crippen LogP contribution in [0.15, 0.2) is 12.4 Å². The molecule has 1 aliphatic rings. The number of rotatable bonds is 4. The summed E-state index contributed by atoms with van der Waals surface area (Å²) in [6, 6.07) is 0. The molecule has 5 nitrogen and oxygen atoms in total. The average molecular weight is 228 g/mol. The van der Waals surface area contributed by atoms with Crippen molar-refractivity contribution in [1.29, 1.82) is 0 Å². The Labute approximate surface area is 88.6 Å². The van der Waals surface area contributed by atoms with Gasteiger partial charge in [-0.1, -0.05) is 0 Å². The van der Waals surface area contributed by atoms with Crippen molar-refractivity contribution in [2.24, 2.45) is 0 Å². The summed E-state index contributed by atoms with van der Waals surface area (Å²) in [5, 5.41) is 0. The van der Waals surface area contributed by atoms with Crippen LogP contribution in [-0.2, 0) is 20.1 Å². The minimum Gasteiger partial charge on any atom is -0.273 e. The zero-order chi connectivity index (χ0) is 10.9. The first-order valence-corrected chi connectivity index (χ1v) is 6.27. The van der Waals surface area contributed by atoms with E-state index >= 15 is 0 Å². The van der Waals surface area contributed by atoms with Gasteiger partial charge in [0.15, 0.2) is 0 Å². The van der Waals surface area contributed by atoms with E-state index < -0.39 is 10.1 Å². The second-order valence-electron chi connectivity index (χ2n) is 3.58. The summed E-state index contributed by atoms with van der Waals surface area (Å²) in [6.07, 6.45) is 5.47. The first kappa shape index (κ1) is 10.5. The first-order valence-electron chi connectivity index (χ1n) is 4.70. The standard InChI is InChI=1S/C9H12N2O3S/c1-14-15(12,13)6-8-4-11-9(5-10-8)7-2-3-7/h4-5,7H,2-3,6H2,1H3. The molecule has 0 saturated heterocycles. The highest BCUT2D eigenvalue weighted by Crippen LogP contribution is 2.38. The molecule has 82 valence electrons. The predicted octanol–water partition coefficient (Wildman–Crippen LogP) is 0.830. The molecule has 0 spiro atoms. The zero-order valence-corrected chi connectivity index (χ0v) is 9.20. The fraction of sp³-hybridized carbons (Fsp3) is 0.556. The maximum absolute atomic E-state index is 11.1. The van der Waals surface area contributed by atoms with Crippen LogP contribution in [0, 0.1) is 0 Å². The average Bonchev–Trinajstić information content (AvgIpc) is 3.02. The Morgan fingerprint density at radius 2 is 2.13 bits per heavy atom. The SMILES string of the molecule is COS(=O)(=O)Cc1cnc(C2CC2)cn1. The number of nitrogens with zero attached hydrogens (tertiary/aromatic N) is 2. The van der Waals surface area contributed by atoms with Crippen LogP contribution >= 0.6 is 0 Å². The molecule has 1 saturated carbocycles. The smallest absolute Gasteiger partial charge is 0.272 e. The lowest BCUT2D eigenvalue weighted by atomic mass is 10.3. The van der Waals surface area contributed by atoms with Crippen molar-refractivity contribution in [2.75, 3.05) is 7.11 Å². The lowest BCUT2D eigenvalue weighted by molar-refractivity contribution is 0.396. The van der Waals surface area contributed by atoms with Crippen LogP contribution in [0.25, 0.3) is 0 Å². The van der Waals surface area contributed by atoms with Crippen molar-refractivity contribution in [2.45, 2.75) is 24.5 Å². The molecule has 1 fully saturated rings. The van der Waals surface area contributed by atoms with Gasteiger partial charge in [-0.25, -0.2) is 0 Å². The summed E-state index contributed by atoms with van der Waals surface area (Å²) >= 11 is 0. The van der Waals surface area contributed by atoms with Crippen LogP contribution in [0.3, 0.4) is 0 Å². The van der Waals surface area contributed by atoms with E-state index in [2.05, 4.69) is 14.2 Å². The minimum atomic E-state index is -3.49. The van der Waals surface area contributed by atoms with Crippen LogP contribution < -0.4 is 0 Å². The van der Waals surface area contributed by atoms with E-state index in [-0.39, 0.29) is 5.75 Å². The zero-order valence-electron chi connectivity index (χ0n) is 8.38. The van der Waals surface area contributed by atoms with Gasteiger partial charge in [-0.15, -0.1) is 0 Å². The molecule has 0 unspecified atom stereocenters. The van der Waals surface area contributed by atoms with Crippen LogP contribution in [0.1, 0.15) is 30.1 Å². The molecule has 2 rings (SSSR count). The summed E-state index contributed by atoms with van der Waals surface area (Å²) in [5.41, 5.74) is 1.37. The third-order valence-corrected chi connectivity index (χ3v) is 3.46. The molecular formula is C9H12N2O3S. The Bertz CT molecular complexity index is 437. The van der Waals surface area contributed by atoms with Crippen LogP contribution in [0.5, 0.6) is 0 Å². The highest BCUT2D eigenvalue weighted by Gasteiger charge is 2.25. The quantitative estimate of drug-likeness (QED) is 0.714. The van der Waals surface area contributed by atoms with Crippen LogP contribution in [0.4, 0.5) is 0 Å². The van der Waals surface area contributed by atoms with E-state index in [9.17, 15) is 8.42 Å². The molecular weight excluding hydrogens is 216 g/mol. The minimum absolute atomic E-state index is 0.221. The van der Waals surface area contributed by atoms with E-state index in [4.69, 9.17) is 0 Å². The lowest BCUT2D eigenvalue weighted by Crippen LogP contribution is -2.07. The monoisotopic (exact) mass is 228 g/mol. The molecule has 0 amide bonds. The summed E-state index contributed by atoms with van der Waals surface area (Å²) in [5.74, 6) is 0.312. The summed E-state index contributed by atoms with van der Waals surface area (Å²) in [7, 11) is -2.35. The van der Waals surface area contributed by atoms with Gasteiger partial charge in [0.05, 0.1) is 18.5 Å². The summed E-state index contributed by atoms with van der Waals surface area (Å²) in [6.45, 7) is 0. The molecule has 0 bridgehead atoms.